The monoisotopic (exact) mass is 280 g/mol. The van der Waals surface area contributed by atoms with Crippen molar-refractivity contribution >= 4 is 11.6 Å². The van der Waals surface area contributed by atoms with E-state index in [1.54, 1.807) is 12.0 Å². The number of aromatic nitrogens is 2. The number of carbonyl (C=O) groups is 1. The number of anilines is 1. The van der Waals surface area contributed by atoms with Gasteiger partial charge in [-0.25, -0.2) is 9.97 Å². The van der Waals surface area contributed by atoms with Crippen molar-refractivity contribution in [2.75, 3.05) is 26.0 Å². The molecular formula is C14H24N4O2. The van der Waals surface area contributed by atoms with Gasteiger partial charge in [-0.05, 0) is 13.8 Å². The molecule has 0 saturated carbocycles. The molecule has 0 saturated heterocycles. The molecule has 0 fully saturated rings. The van der Waals surface area contributed by atoms with Gasteiger partial charge in [-0.2, -0.15) is 0 Å². The molecule has 0 aliphatic rings. The molecule has 0 atom stereocenters. The van der Waals surface area contributed by atoms with Crippen LogP contribution in [0.3, 0.4) is 0 Å². The lowest BCUT2D eigenvalue weighted by Gasteiger charge is -2.26. The number of nitrogen functional groups attached to an aromatic ring is 1. The topological polar surface area (TPSA) is 81.3 Å². The highest BCUT2D eigenvalue weighted by molar-refractivity contribution is 5.97. The molecule has 1 aromatic rings. The Morgan fingerprint density at radius 1 is 1.40 bits per heavy atom. The minimum absolute atomic E-state index is 0.0505. The van der Waals surface area contributed by atoms with Crippen LogP contribution in [0.25, 0.3) is 0 Å². The van der Waals surface area contributed by atoms with E-state index in [9.17, 15) is 4.79 Å². The molecule has 1 amide bonds. The van der Waals surface area contributed by atoms with Crippen LogP contribution in [0.5, 0.6) is 0 Å². The Balaban J connectivity index is 3.07. The molecule has 1 rings (SSSR count). The van der Waals surface area contributed by atoms with Gasteiger partial charge in [0.1, 0.15) is 5.82 Å². The highest BCUT2D eigenvalue weighted by Gasteiger charge is 2.23. The molecule has 0 aliphatic carbocycles. The lowest BCUT2D eigenvalue weighted by molar-refractivity contribution is 0.0629. The molecule has 0 unspecified atom stereocenters. The molecule has 112 valence electrons. The SMILES string of the molecule is COCCN(C(=O)c1nc(C(C)C)ncc1N)C(C)C. The summed E-state index contributed by atoms with van der Waals surface area (Å²) in [5.41, 5.74) is 6.43. The molecule has 0 spiro atoms. The Kier molecular flexibility index (Phi) is 5.88. The van der Waals surface area contributed by atoms with Gasteiger partial charge in [0.2, 0.25) is 0 Å². The summed E-state index contributed by atoms with van der Waals surface area (Å²) in [6, 6.07) is 0.0505. The molecule has 0 aliphatic heterocycles. The first-order valence-corrected chi connectivity index (χ1v) is 6.80. The van der Waals surface area contributed by atoms with Gasteiger partial charge in [0.15, 0.2) is 5.69 Å². The van der Waals surface area contributed by atoms with Crippen LogP contribution >= 0.6 is 0 Å². The second-order valence-electron chi connectivity index (χ2n) is 5.27. The molecule has 6 nitrogen and oxygen atoms in total. The Morgan fingerprint density at radius 2 is 2.05 bits per heavy atom. The number of nitrogens with two attached hydrogens (primary N) is 1. The minimum atomic E-state index is -0.182. The number of hydrogen-bond acceptors (Lipinski definition) is 5. The Labute approximate surface area is 120 Å². The molecule has 0 bridgehead atoms. The quantitative estimate of drug-likeness (QED) is 0.857. The van der Waals surface area contributed by atoms with E-state index in [2.05, 4.69) is 9.97 Å². The molecule has 2 N–H and O–H groups in total. The van der Waals surface area contributed by atoms with Gasteiger partial charge in [-0.3, -0.25) is 4.79 Å². The van der Waals surface area contributed by atoms with Crippen LogP contribution in [0.1, 0.15) is 49.9 Å². The van der Waals surface area contributed by atoms with Crippen LogP contribution in [0.15, 0.2) is 6.20 Å². The maximum absolute atomic E-state index is 12.6. The van der Waals surface area contributed by atoms with Crippen molar-refractivity contribution in [3.63, 3.8) is 0 Å². The lowest BCUT2D eigenvalue weighted by atomic mass is 10.2. The Bertz CT molecular complexity index is 460. The summed E-state index contributed by atoms with van der Waals surface area (Å²) in [5.74, 6) is 0.588. The van der Waals surface area contributed by atoms with Gasteiger partial charge in [0.05, 0.1) is 18.5 Å². The Hall–Kier alpha value is -1.69. The predicted octanol–water partition coefficient (Wildman–Crippen LogP) is 1.68. The van der Waals surface area contributed by atoms with Crippen LogP contribution in [-0.4, -0.2) is 47.1 Å². The number of nitrogens with zero attached hydrogens (tertiary/aromatic N) is 3. The smallest absolute Gasteiger partial charge is 0.275 e. The molecule has 1 heterocycles. The van der Waals surface area contributed by atoms with Crippen molar-refractivity contribution in [2.24, 2.45) is 0 Å². The van der Waals surface area contributed by atoms with E-state index >= 15 is 0 Å². The summed E-state index contributed by atoms with van der Waals surface area (Å²) in [6.07, 6.45) is 1.50. The third kappa shape index (κ3) is 3.90. The summed E-state index contributed by atoms with van der Waals surface area (Å²) in [6.45, 7) is 8.85. The van der Waals surface area contributed by atoms with Crippen LogP contribution in [0.2, 0.25) is 0 Å². The predicted molar refractivity (Wildman–Crippen MR) is 78.6 cm³/mol. The van der Waals surface area contributed by atoms with E-state index in [4.69, 9.17) is 10.5 Å². The molecular weight excluding hydrogens is 256 g/mol. The summed E-state index contributed by atoms with van der Waals surface area (Å²) < 4.78 is 5.04. The number of ether oxygens (including phenoxy) is 1. The number of amides is 1. The van der Waals surface area contributed by atoms with Crippen molar-refractivity contribution in [3.8, 4) is 0 Å². The highest BCUT2D eigenvalue weighted by Crippen LogP contribution is 2.16. The maximum Gasteiger partial charge on any atom is 0.275 e. The first kappa shape index (κ1) is 16.4. The fourth-order valence-electron chi connectivity index (χ4n) is 1.77. The average Bonchev–Trinajstić information content (AvgIpc) is 2.38. The zero-order valence-electron chi connectivity index (χ0n) is 12.9. The van der Waals surface area contributed by atoms with E-state index in [0.29, 0.717) is 24.7 Å². The number of rotatable bonds is 6. The Morgan fingerprint density at radius 3 is 2.55 bits per heavy atom. The second-order valence-corrected chi connectivity index (χ2v) is 5.27. The summed E-state index contributed by atoms with van der Waals surface area (Å²) >= 11 is 0. The fourth-order valence-corrected chi connectivity index (χ4v) is 1.77. The highest BCUT2D eigenvalue weighted by atomic mass is 16.5. The van der Waals surface area contributed by atoms with E-state index in [-0.39, 0.29) is 23.6 Å². The minimum Gasteiger partial charge on any atom is -0.396 e. The van der Waals surface area contributed by atoms with Gasteiger partial charge in [-0.1, -0.05) is 13.8 Å². The van der Waals surface area contributed by atoms with E-state index in [0.717, 1.165) is 0 Å². The van der Waals surface area contributed by atoms with Crippen LogP contribution in [0, 0.1) is 0 Å². The van der Waals surface area contributed by atoms with E-state index < -0.39 is 0 Å². The number of hydrogen-bond donors (Lipinski definition) is 1. The van der Waals surface area contributed by atoms with Crippen molar-refractivity contribution in [1.29, 1.82) is 0 Å². The summed E-state index contributed by atoms with van der Waals surface area (Å²) in [7, 11) is 1.61. The first-order valence-electron chi connectivity index (χ1n) is 6.80. The molecule has 1 aromatic heterocycles. The molecule has 6 heteroatoms. The van der Waals surface area contributed by atoms with E-state index in [1.807, 2.05) is 27.7 Å². The fraction of sp³-hybridized carbons (Fsp3) is 0.643. The van der Waals surface area contributed by atoms with Crippen molar-refractivity contribution in [1.82, 2.24) is 14.9 Å². The maximum atomic E-state index is 12.6. The zero-order valence-corrected chi connectivity index (χ0v) is 12.9. The number of carbonyl (C=O) groups excluding carboxylic acids is 1. The van der Waals surface area contributed by atoms with Gasteiger partial charge in [0.25, 0.3) is 5.91 Å². The zero-order chi connectivity index (χ0) is 15.3. The van der Waals surface area contributed by atoms with Gasteiger partial charge >= 0.3 is 0 Å². The lowest BCUT2D eigenvalue weighted by Crippen LogP contribution is -2.40. The molecule has 20 heavy (non-hydrogen) atoms. The van der Waals surface area contributed by atoms with Gasteiger partial charge in [0, 0.05) is 25.6 Å². The summed E-state index contributed by atoms with van der Waals surface area (Å²) in [5, 5.41) is 0. The first-order chi connectivity index (χ1) is 9.38. The molecule has 0 aromatic carbocycles. The number of methoxy groups -OCH3 is 1. The van der Waals surface area contributed by atoms with Crippen LogP contribution < -0.4 is 5.73 Å². The molecule has 0 radical (unpaired) electrons. The van der Waals surface area contributed by atoms with Gasteiger partial charge < -0.3 is 15.4 Å². The van der Waals surface area contributed by atoms with Gasteiger partial charge in [-0.15, -0.1) is 0 Å². The van der Waals surface area contributed by atoms with Crippen molar-refractivity contribution in [3.05, 3.63) is 17.7 Å². The van der Waals surface area contributed by atoms with Crippen molar-refractivity contribution < 1.29 is 9.53 Å². The van der Waals surface area contributed by atoms with E-state index in [1.165, 1.54) is 6.20 Å². The van der Waals surface area contributed by atoms with Crippen molar-refractivity contribution in [2.45, 2.75) is 39.7 Å². The standard InChI is InChI=1S/C14H24N4O2/c1-9(2)13-16-8-11(15)12(17-13)14(19)18(10(3)4)6-7-20-5/h8-10H,6-7,15H2,1-5H3. The third-order valence-corrected chi connectivity index (χ3v) is 2.98. The third-order valence-electron chi connectivity index (χ3n) is 2.98. The van der Waals surface area contributed by atoms with Crippen LogP contribution in [0.4, 0.5) is 5.69 Å². The largest absolute Gasteiger partial charge is 0.396 e. The second kappa shape index (κ2) is 7.19. The summed E-state index contributed by atoms with van der Waals surface area (Å²) in [4.78, 5) is 22.8. The normalized spacial score (nSPS) is 11.2. The van der Waals surface area contributed by atoms with Crippen LogP contribution in [-0.2, 0) is 4.74 Å². The average molecular weight is 280 g/mol.